The Balaban J connectivity index is 2.38. The molecule has 0 aliphatic rings. The molecule has 1 heterocycles. The van der Waals surface area contributed by atoms with E-state index in [1.165, 1.54) is 0 Å². The van der Waals surface area contributed by atoms with Crippen molar-refractivity contribution >= 4 is 20.9 Å². The Morgan fingerprint density at radius 1 is 1.32 bits per heavy atom. The van der Waals surface area contributed by atoms with Crippen molar-refractivity contribution in [2.75, 3.05) is 13.7 Å². The molecule has 0 amide bonds. The molecule has 1 aromatic carbocycles. The summed E-state index contributed by atoms with van der Waals surface area (Å²) in [5.74, 6) is 0. The summed E-state index contributed by atoms with van der Waals surface area (Å²) in [6.07, 6.45) is 1.46. The molecule has 2 rings (SSSR count). The first-order chi connectivity index (χ1) is 9.04. The summed E-state index contributed by atoms with van der Waals surface area (Å²) in [5.41, 5.74) is 0.658. The highest BCUT2D eigenvalue weighted by Crippen LogP contribution is 2.20. The van der Waals surface area contributed by atoms with Crippen molar-refractivity contribution in [2.45, 2.75) is 17.9 Å². The zero-order valence-corrected chi connectivity index (χ0v) is 11.6. The standard InChI is InChI=1S/C13H16N2O3S/c1-10(18-2)9-15-19(16,17)13-7-3-6-12-11(13)5-4-8-14-12/h3-8,10,15H,9H2,1-2H3. The van der Waals surface area contributed by atoms with Crippen molar-refractivity contribution in [1.82, 2.24) is 9.71 Å². The van der Waals surface area contributed by atoms with E-state index in [2.05, 4.69) is 9.71 Å². The fourth-order valence-corrected chi connectivity index (χ4v) is 3.03. The van der Waals surface area contributed by atoms with E-state index in [-0.39, 0.29) is 17.5 Å². The molecule has 1 unspecified atom stereocenters. The topological polar surface area (TPSA) is 68.3 Å². The number of aromatic nitrogens is 1. The summed E-state index contributed by atoms with van der Waals surface area (Å²) >= 11 is 0. The number of nitrogens with one attached hydrogen (secondary N) is 1. The lowest BCUT2D eigenvalue weighted by atomic mass is 10.2. The van der Waals surface area contributed by atoms with Crippen molar-refractivity contribution in [1.29, 1.82) is 0 Å². The van der Waals surface area contributed by atoms with Gasteiger partial charge in [-0.15, -0.1) is 0 Å². The largest absolute Gasteiger partial charge is 0.380 e. The van der Waals surface area contributed by atoms with E-state index in [4.69, 9.17) is 4.74 Å². The van der Waals surface area contributed by atoms with Gasteiger partial charge in [0.25, 0.3) is 0 Å². The van der Waals surface area contributed by atoms with Gasteiger partial charge in [0.15, 0.2) is 0 Å². The van der Waals surface area contributed by atoms with E-state index in [0.29, 0.717) is 10.9 Å². The first-order valence-corrected chi connectivity index (χ1v) is 7.39. The van der Waals surface area contributed by atoms with Crippen LogP contribution in [-0.4, -0.2) is 33.2 Å². The van der Waals surface area contributed by atoms with Gasteiger partial charge in [-0.05, 0) is 31.2 Å². The van der Waals surface area contributed by atoms with Crippen LogP contribution in [0.5, 0.6) is 0 Å². The molecule has 0 bridgehead atoms. The number of nitrogens with zero attached hydrogens (tertiary/aromatic N) is 1. The molecule has 0 spiro atoms. The average molecular weight is 280 g/mol. The Bertz CT molecular complexity index is 665. The summed E-state index contributed by atoms with van der Waals surface area (Å²) in [6.45, 7) is 2.03. The van der Waals surface area contributed by atoms with Crippen LogP contribution >= 0.6 is 0 Å². The third-order valence-corrected chi connectivity index (χ3v) is 4.34. The Kier molecular flexibility index (Phi) is 4.14. The maximum atomic E-state index is 12.3. The van der Waals surface area contributed by atoms with E-state index < -0.39 is 10.0 Å². The second kappa shape index (κ2) is 5.64. The monoisotopic (exact) mass is 280 g/mol. The van der Waals surface area contributed by atoms with Crippen LogP contribution in [0.1, 0.15) is 6.92 Å². The summed E-state index contributed by atoms with van der Waals surface area (Å²) in [7, 11) is -2.02. The minimum Gasteiger partial charge on any atom is -0.380 e. The molecule has 0 saturated carbocycles. The molecule has 0 fully saturated rings. The molecule has 0 aliphatic carbocycles. The third kappa shape index (κ3) is 3.09. The van der Waals surface area contributed by atoms with E-state index in [9.17, 15) is 8.42 Å². The SMILES string of the molecule is COC(C)CNS(=O)(=O)c1cccc2ncccc12. The normalized spacial score (nSPS) is 13.6. The molecule has 5 nitrogen and oxygen atoms in total. The van der Waals surface area contributed by atoms with Crippen LogP contribution in [0.25, 0.3) is 10.9 Å². The van der Waals surface area contributed by atoms with Crippen LogP contribution in [-0.2, 0) is 14.8 Å². The Hall–Kier alpha value is -1.50. The number of ether oxygens (including phenoxy) is 1. The fourth-order valence-electron chi connectivity index (χ4n) is 1.70. The number of benzene rings is 1. The predicted molar refractivity (Wildman–Crippen MR) is 73.4 cm³/mol. The molecule has 1 N–H and O–H groups in total. The van der Waals surface area contributed by atoms with Gasteiger partial charge in [-0.25, -0.2) is 13.1 Å². The smallest absolute Gasteiger partial charge is 0.241 e. The van der Waals surface area contributed by atoms with Gasteiger partial charge in [0.2, 0.25) is 10.0 Å². The van der Waals surface area contributed by atoms with Crippen LogP contribution in [0, 0.1) is 0 Å². The van der Waals surface area contributed by atoms with Gasteiger partial charge in [0, 0.05) is 25.2 Å². The highest BCUT2D eigenvalue weighted by Gasteiger charge is 2.17. The third-order valence-electron chi connectivity index (χ3n) is 2.86. The molecular weight excluding hydrogens is 264 g/mol. The van der Waals surface area contributed by atoms with Gasteiger partial charge < -0.3 is 4.74 Å². The number of rotatable bonds is 5. The number of pyridine rings is 1. The summed E-state index contributed by atoms with van der Waals surface area (Å²) in [5, 5.41) is 0.613. The molecular formula is C13H16N2O3S. The molecule has 0 aliphatic heterocycles. The van der Waals surface area contributed by atoms with Crippen molar-refractivity contribution < 1.29 is 13.2 Å². The van der Waals surface area contributed by atoms with E-state index in [1.807, 2.05) is 0 Å². The van der Waals surface area contributed by atoms with E-state index in [0.717, 1.165) is 0 Å². The number of sulfonamides is 1. The average Bonchev–Trinajstić information content (AvgIpc) is 2.44. The van der Waals surface area contributed by atoms with Crippen LogP contribution in [0.2, 0.25) is 0 Å². The van der Waals surface area contributed by atoms with Gasteiger partial charge in [0.05, 0.1) is 16.5 Å². The van der Waals surface area contributed by atoms with Gasteiger partial charge in [0.1, 0.15) is 0 Å². The Morgan fingerprint density at radius 2 is 2.11 bits per heavy atom. The summed E-state index contributed by atoms with van der Waals surface area (Å²) < 4.78 is 32.1. The molecule has 6 heteroatoms. The maximum absolute atomic E-state index is 12.3. The molecule has 102 valence electrons. The summed E-state index contributed by atoms with van der Waals surface area (Å²) in [6, 6.07) is 8.51. The number of methoxy groups -OCH3 is 1. The molecule has 1 aromatic heterocycles. The van der Waals surface area contributed by atoms with Gasteiger partial charge in [-0.2, -0.15) is 0 Å². The second-order valence-corrected chi connectivity index (χ2v) is 5.96. The predicted octanol–water partition coefficient (Wildman–Crippen LogP) is 1.55. The number of hydrogen-bond acceptors (Lipinski definition) is 4. The second-order valence-electron chi connectivity index (χ2n) is 4.22. The van der Waals surface area contributed by atoms with Crippen LogP contribution in [0.3, 0.4) is 0 Å². The van der Waals surface area contributed by atoms with Crippen LogP contribution in [0.15, 0.2) is 41.4 Å². The van der Waals surface area contributed by atoms with E-state index >= 15 is 0 Å². The lowest BCUT2D eigenvalue weighted by molar-refractivity contribution is 0.122. The van der Waals surface area contributed by atoms with Gasteiger partial charge >= 0.3 is 0 Å². The lowest BCUT2D eigenvalue weighted by Crippen LogP contribution is -2.31. The molecule has 1 atom stereocenters. The minimum atomic E-state index is -3.56. The quantitative estimate of drug-likeness (QED) is 0.902. The van der Waals surface area contributed by atoms with Gasteiger partial charge in [-0.1, -0.05) is 6.07 Å². The molecule has 0 radical (unpaired) electrons. The minimum absolute atomic E-state index is 0.178. The molecule has 2 aromatic rings. The number of fused-ring (bicyclic) bond motifs is 1. The number of hydrogen-bond donors (Lipinski definition) is 1. The van der Waals surface area contributed by atoms with Crippen LogP contribution in [0.4, 0.5) is 0 Å². The van der Waals surface area contributed by atoms with Crippen LogP contribution < -0.4 is 4.72 Å². The zero-order valence-electron chi connectivity index (χ0n) is 10.8. The van der Waals surface area contributed by atoms with Crippen molar-refractivity contribution in [3.63, 3.8) is 0 Å². The van der Waals surface area contributed by atoms with Crippen molar-refractivity contribution in [3.05, 3.63) is 36.5 Å². The first kappa shape index (κ1) is 13.9. The van der Waals surface area contributed by atoms with Crippen molar-refractivity contribution in [2.24, 2.45) is 0 Å². The highest BCUT2D eigenvalue weighted by molar-refractivity contribution is 7.89. The molecule has 0 saturated heterocycles. The zero-order chi connectivity index (χ0) is 13.9. The van der Waals surface area contributed by atoms with Gasteiger partial charge in [-0.3, -0.25) is 4.98 Å². The maximum Gasteiger partial charge on any atom is 0.241 e. The lowest BCUT2D eigenvalue weighted by Gasteiger charge is -2.12. The molecule has 19 heavy (non-hydrogen) atoms. The Labute approximate surface area is 112 Å². The first-order valence-electron chi connectivity index (χ1n) is 5.91. The van der Waals surface area contributed by atoms with E-state index in [1.54, 1.807) is 50.6 Å². The van der Waals surface area contributed by atoms with Crippen molar-refractivity contribution in [3.8, 4) is 0 Å². The fraction of sp³-hybridized carbons (Fsp3) is 0.308. The Morgan fingerprint density at radius 3 is 2.84 bits per heavy atom. The summed E-state index contributed by atoms with van der Waals surface area (Å²) in [4.78, 5) is 4.39. The highest BCUT2D eigenvalue weighted by atomic mass is 32.2.